The van der Waals surface area contributed by atoms with Crippen molar-refractivity contribution in [3.05, 3.63) is 71.8 Å². The number of primary amides is 1. The van der Waals surface area contributed by atoms with Crippen LogP contribution in [0, 0.1) is 0 Å². The topological polar surface area (TPSA) is 157 Å². The zero-order chi connectivity index (χ0) is 23.5. The van der Waals surface area contributed by atoms with Gasteiger partial charge in [0.05, 0.1) is 0 Å². The fourth-order valence-corrected chi connectivity index (χ4v) is 3.26. The first-order valence-electron chi connectivity index (χ1n) is 10.3. The number of nitrogens with two attached hydrogens (primary N) is 3. The molecule has 2 rings (SSSR count). The second-order valence-corrected chi connectivity index (χ2v) is 7.40. The highest BCUT2D eigenvalue weighted by Crippen LogP contribution is 2.13. The predicted molar refractivity (Wildman–Crippen MR) is 124 cm³/mol. The molecule has 0 bridgehead atoms. The maximum Gasteiger partial charge on any atom is 0.254 e. The first-order valence-corrected chi connectivity index (χ1v) is 10.3. The zero-order valence-corrected chi connectivity index (χ0v) is 19.2. The van der Waals surface area contributed by atoms with Crippen molar-refractivity contribution >= 4 is 23.7 Å². The number of halogens is 1. The van der Waals surface area contributed by atoms with Crippen LogP contribution in [0.15, 0.2) is 65.7 Å². The van der Waals surface area contributed by atoms with Crippen molar-refractivity contribution in [1.82, 2.24) is 10.2 Å². The van der Waals surface area contributed by atoms with E-state index in [9.17, 15) is 14.4 Å². The summed E-state index contributed by atoms with van der Waals surface area (Å²) in [5, 5.41) is 2.71. The van der Waals surface area contributed by atoms with Crippen LogP contribution in [0.4, 0.5) is 0 Å². The van der Waals surface area contributed by atoms with Crippen molar-refractivity contribution < 1.29 is 26.8 Å². The number of benzene rings is 2. The molecule has 0 saturated heterocycles. The van der Waals surface area contributed by atoms with Gasteiger partial charge in [0, 0.05) is 25.6 Å². The molecular formula is C23H30ClN6O3-. The molecule has 0 heterocycles. The van der Waals surface area contributed by atoms with Crippen molar-refractivity contribution in [2.75, 3.05) is 13.6 Å². The first kappa shape index (κ1) is 27.4. The zero-order valence-electron chi connectivity index (χ0n) is 18.5. The maximum absolute atomic E-state index is 13.2. The van der Waals surface area contributed by atoms with Gasteiger partial charge in [0.25, 0.3) is 5.91 Å². The maximum atomic E-state index is 13.2. The van der Waals surface area contributed by atoms with Crippen LogP contribution in [0.1, 0.15) is 28.8 Å². The van der Waals surface area contributed by atoms with Gasteiger partial charge in [-0.25, -0.2) is 0 Å². The number of aliphatic imine (C=N–C) groups is 1. The molecule has 0 radical (unpaired) electrons. The second kappa shape index (κ2) is 13.7. The summed E-state index contributed by atoms with van der Waals surface area (Å²) in [4.78, 5) is 43.4. The van der Waals surface area contributed by atoms with E-state index in [1.807, 2.05) is 30.3 Å². The highest BCUT2D eigenvalue weighted by Gasteiger charge is 2.30. The molecule has 10 heteroatoms. The largest absolute Gasteiger partial charge is 1.00 e. The molecule has 0 aliphatic rings. The number of rotatable bonds is 11. The number of nitrogens with one attached hydrogen (secondary N) is 1. The van der Waals surface area contributed by atoms with Gasteiger partial charge < -0.3 is 39.8 Å². The molecule has 2 atom stereocenters. The van der Waals surface area contributed by atoms with Crippen LogP contribution in [0.25, 0.3) is 0 Å². The van der Waals surface area contributed by atoms with Gasteiger partial charge in [-0.15, -0.1) is 0 Å². The van der Waals surface area contributed by atoms with Gasteiger partial charge in [0.1, 0.15) is 12.1 Å². The minimum atomic E-state index is -0.912. The molecule has 33 heavy (non-hydrogen) atoms. The summed E-state index contributed by atoms with van der Waals surface area (Å²) in [6.45, 7) is 0.308. The average molecular weight is 474 g/mol. The van der Waals surface area contributed by atoms with Crippen LogP contribution in [0.3, 0.4) is 0 Å². The fourth-order valence-electron chi connectivity index (χ4n) is 3.26. The van der Waals surface area contributed by atoms with Crippen molar-refractivity contribution in [2.24, 2.45) is 22.2 Å². The molecule has 0 aliphatic heterocycles. The summed E-state index contributed by atoms with van der Waals surface area (Å²) in [7, 11) is 1.55. The van der Waals surface area contributed by atoms with Gasteiger partial charge in [0.2, 0.25) is 11.8 Å². The van der Waals surface area contributed by atoms with Crippen LogP contribution >= 0.6 is 0 Å². The first-order chi connectivity index (χ1) is 15.3. The number of nitrogens with zero attached hydrogens (tertiary/aromatic N) is 2. The Hall–Kier alpha value is -3.59. The van der Waals surface area contributed by atoms with Gasteiger partial charge in [-0.2, -0.15) is 0 Å². The van der Waals surface area contributed by atoms with E-state index < -0.39 is 23.9 Å². The molecule has 0 saturated carbocycles. The van der Waals surface area contributed by atoms with Gasteiger partial charge in [-0.05, 0) is 30.5 Å². The molecule has 9 nitrogen and oxygen atoms in total. The van der Waals surface area contributed by atoms with Crippen molar-refractivity contribution in [3.8, 4) is 0 Å². The van der Waals surface area contributed by atoms with Crippen LogP contribution in [0.5, 0.6) is 0 Å². The lowest BCUT2D eigenvalue weighted by Gasteiger charge is -2.29. The Morgan fingerprint density at radius 2 is 1.55 bits per heavy atom. The molecule has 2 aromatic rings. The molecule has 0 spiro atoms. The van der Waals surface area contributed by atoms with Crippen molar-refractivity contribution in [1.29, 1.82) is 0 Å². The molecule has 2 aromatic carbocycles. The fraction of sp³-hybridized carbons (Fsp3) is 0.304. The average Bonchev–Trinajstić information content (AvgIpc) is 2.78. The number of likely N-dealkylation sites (N-methyl/N-ethyl adjacent to an activating group) is 1. The van der Waals surface area contributed by atoms with E-state index in [2.05, 4.69) is 10.3 Å². The number of hydrogen-bond acceptors (Lipinski definition) is 4. The quantitative estimate of drug-likeness (QED) is 0.160. The Bertz CT molecular complexity index is 936. The minimum Gasteiger partial charge on any atom is -1.00 e. The molecular weight excluding hydrogens is 444 g/mol. The van der Waals surface area contributed by atoms with E-state index in [0.717, 1.165) is 5.56 Å². The van der Waals surface area contributed by atoms with E-state index in [1.54, 1.807) is 37.4 Å². The number of guanidine groups is 1. The summed E-state index contributed by atoms with van der Waals surface area (Å²) in [5.74, 6) is -1.48. The Balaban J connectivity index is 0.00000544. The van der Waals surface area contributed by atoms with Crippen molar-refractivity contribution in [2.45, 2.75) is 31.3 Å². The molecule has 178 valence electrons. The highest BCUT2D eigenvalue weighted by atomic mass is 35.5. The van der Waals surface area contributed by atoms with Crippen LogP contribution in [-0.2, 0) is 16.0 Å². The molecule has 0 aliphatic carbocycles. The van der Waals surface area contributed by atoms with E-state index in [0.29, 0.717) is 24.9 Å². The summed E-state index contributed by atoms with van der Waals surface area (Å²) in [5.41, 5.74) is 17.6. The van der Waals surface area contributed by atoms with Crippen LogP contribution < -0.4 is 34.9 Å². The number of amides is 3. The van der Waals surface area contributed by atoms with Gasteiger partial charge in [-0.3, -0.25) is 19.4 Å². The monoisotopic (exact) mass is 473 g/mol. The summed E-state index contributed by atoms with van der Waals surface area (Å²) < 4.78 is 0. The standard InChI is InChI=1S/C23H30N6O3.ClH/c1-29(22(32)17-11-6-3-7-12-17)19(13-8-14-27-23(25)26)21(31)28-18(20(24)30)15-16-9-4-2-5-10-16;/h2-7,9-12,18-19H,8,13-15H2,1H3,(H2,24,30)(H,28,31)(H4,25,26,27);1H/p-1/t18-,19-;/m0./s1. The summed E-state index contributed by atoms with van der Waals surface area (Å²) >= 11 is 0. The lowest BCUT2D eigenvalue weighted by atomic mass is 10.0. The van der Waals surface area contributed by atoms with E-state index in [4.69, 9.17) is 17.2 Å². The molecule has 0 unspecified atom stereocenters. The molecule has 3 amide bonds. The Morgan fingerprint density at radius 1 is 0.970 bits per heavy atom. The van der Waals surface area contributed by atoms with Crippen LogP contribution in [-0.4, -0.2) is 54.3 Å². The Morgan fingerprint density at radius 3 is 2.09 bits per heavy atom. The summed E-state index contributed by atoms with van der Waals surface area (Å²) in [6.07, 6.45) is 1.01. The SMILES string of the molecule is CN(C(=O)c1ccccc1)[C@@H](CCCN=C(N)N)C(=O)N[C@@H](Cc1ccccc1)C(N)=O.[Cl-]. The second-order valence-electron chi connectivity index (χ2n) is 7.40. The third-order valence-corrected chi connectivity index (χ3v) is 4.98. The number of carbonyl (C=O) groups is 3. The normalized spacial score (nSPS) is 11.9. The molecule has 7 N–H and O–H groups in total. The Labute approximate surface area is 199 Å². The lowest BCUT2D eigenvalue weighted by molar-refractivity contribution is -0.130. The van der Waals surface area contributed by atoms with E-state index in [1.165, 1.54) is 4.90 Å². The third-order valence-electron chi connectivity index (χ3n) is 4.98. The number of hydrogen-bond donors (Lipinski definition) is 4. The van der Waals surface area contributed by atoms with Gasteiger partial charge in [0.15, 0.2) is 5.96 Å². The predicted octanol–water partition coefficient (Wildman–Crippen LogP) is -2.60. The van der Waals surface area contributed by atoms with Crippen LogP contribution in [0.2, 0.25) is 0 Å². The Kier molecular flexibility index (Phi) is 11.4. The molecule has 0 aromatic heterocycles. The van der Waals surface area contributed by atoms with E-state index in [-0.39, 0.29) is 30.7 Å². The molecule has 0 fully saturated rings. The smallest absolute Gasteiger partial charge is 0.254 e. The highest BCUT2D eigenvalue weighted by molar-refractivity contribution is 5.98. The van der Waals surface area contributed by atoms with E-state index >= 15 is 0 Å². The lowest BCUT2D eigenvalue weighted by Crippen LogP contribution is -3.00. The van der Waals surface area contributed by atoms with Gasteiger partial charge in [-0.1, -0.05) is 48.5 Å². The van der Waals surface area contributed by atoms with Gasteiger partial charge >= 0.3 is 0 Å². The third kappa shape index (κ3) is 8.82. The van der Waals surface area contributed by atoms with Crippen molar-refractivity contribution in [3.63, 3.8) is 0 Å². The number of carbonyl (C=O) groups excluding carboxylic acids is 3. The minimum absolute atomic E-state index is 0. The summed E-state index contributed by atoms with van der Waals surface area (Å²) in [6, 6.07) is 16.1.